The predicted octanol–water partition coefficient (Wildman–Crippen LogP) is 8.52. The van der Waals surface area contributed by atoms with Crippen LogP contribution in [-0.2, 0) is 42.9 Å². The van der Waals surface area contributed by atoms with Crippen LogP contribution in [0.3, 0.4) is 0 Å². The van der Waals surface area contributed by atoms with Crippen LogP contribution in [0, 0.1) is 47.3 Å². The van der Waals surface area contributed by atoms with Gasteiger partial charge < -0.3 is 38.8 Å². The SMILES string of the molecule is CO[C@H]1CC2CC[C@@H](C)[C@@](O)(O2)C(=O)C(=O)N2CCCC[C@H]2C(=O)O[C@H]([C@H](C)C[C@@H]2CC[C@@H](C)[C@H](OC)C2)C[C@H](O)[C@H](C)/C=C(\C)[C@@H](C)[C@@H](OC)C(=O)[C@H](C)C[C@H](C)/C=C/C=CC=C1C. The number of aliphatic hydroxyl groups excluding tert-OH is 1. The van der Waals surface area contributed by atoms with E-state index < -0.39 is 59.8 Å². The third kappa shape index (κ3) is 14.5. The van der Waals surface area contributed by atoms with Crippen molar-refractivity contribution in [2.24, 2.45) is 47.3 Å². The molecule has 0 aromatic heterocycles. The van der Waals surface area contributed by atoms with Crippen molar-refractivity contribution in [3.05, 3.63) is 47.6 Å². The summed E-state index contributed by atoms with van der Waals surface area (Å²) in [6.07, 6.45) is 16.2. The number of hydrogen-bond donors (Lipinski definition) is 2. The monoisotopic (exact) mass is 912 g/mol. The minimum atomic E-state index is -2.38. The second-order valence-corrected chi connectivity index (χ2v) is 20.5. The first-order chi connectivity index (χ1) is 30.7. The van der Waals surface area contributed by atoms with Crippen LogP contribution in [0.25, 0.3) is 0 Å². The zero-order chi connectivity index (χ0) is 48.2. The van der Waals surface area contributed by atoms with E-state index in [1.165, 1.54) is 4.90 Å². The number of Topliss-reactive ketones (excluding diaryl/α,β-unsaturated/α-hetero) is 2. The van der Waals surface area contributed by atoms with Gasteiger partial charge in [-0.25, -0.2) is 4.79 Å². The number of ether oxygens (including phenoxy) is 5. The molecule has 0 aromatic rings. The van der Waals surface area contributed by atoms with E-state index in [4.69, 9.17) is 23.7 Å². The average Bonchev–Trinajstić information content (AvgIpc) is 3.28. The van der Waals surface area contributed by atoms with Gasteiger partial charge in [0.25, 0.3) is 11.7 Å². The molecule has 1 unspecified atom stereocenters. The summed E-state index contributed by atoms with van der Waals surface area (Å²) in [5.74, 6) is -5.78. The molecule has 16 atom stereocenters. The van der Waals surface area contributed by atoms with Crippen molar-refractivity contribution in [3.8, 4) is 0 Å². The van der Waals surface area contributed by atoms with Gasteiger partial charge in [0.05, 0.1) is 24.4 Å². The summed E-state index contributed by atoms with van der Waals surface area (Å²) in [5, 5.41) is 23.9. The number of nitrogens with zero attached hydrogens (tertiary/aromatic N) is 1. The average molecular weight is 912 g/mol. The lowest BCUT2D eigenvalue weighted by molar-refractivity contribution is -0.265. The van der Waals surface area contributed by atoms with Crippen molar-refractivity contribution in [1.82, 2.24) is 4.90 Å². The fraction of sp³-hybridized carbons (Fsp3) is 0.774. The first kappa shape index (κ1) is 54.6. The number of rotatable bonds is 6. The van der Waals surface area contributed by atoms with Gasteiger partial charge in [0, 0.05) is 64.4 Å². The van der Waals surface area contributed by atoms with Gasteiger partial charge in [0.2, 0.25) is 5.79 Å². The minimum absolute atomic E-state index is 0.0327. The largest absolute Gasteiger partial charge is 0.460 e. The van der Waals surface area contributed by atoms with Crippen LogP contribution in [0.15, 0.2) is 47.6 Å². The summed E-state index contributed by atoms with van der Waals surface area (Å²) in [4.78, 5) is 58.1. The molecule has 4 rings (SSSR count). The molecule has 3 fully saturated rings. The van der Waals surface area contributed by atoms with Gasteiger partial charge in [0.15, 0.2) is 5.78 Å². The van der Waals surface area contributed by atoms with Gasteiger partial charge in [-0.3, -0.25) is 14.4 Å². The standard InChI is InChI=1S/C53H85NO11/c1-32-18-14-13-15-19-33(2)46(62-11)30-42-24-22-39(8)53(60,65-42)50(57)51(58)54-25-17-16-20-43(54)52(59)64-47(37(6)28-41-23-21-34(3)45(29-41)61-10)31-44(55)36(5)27-35(4)40(9)49(63-12)48(56)38(7)26-32/h13-15,18-19,27,32,34,36-47,49,55,60H,16-17,20-26,28-31H2,1-12H3/b15-13?,18-14+,33-19?,35-27+/t32-,34-,36-,37-,38-,39-,40-,41+,42?,43+,44+,45-,46+,47+,49-,53-/m1/s1. The minimum Gasteiger partial charge on any atom is -0.460 e. The predicted molar refractivity (Wildman–Crippen MR) is 252 cm³/mol. The molecule has 2 N–H and O–H groups in total. The Morgan fingerprint density at radius 2 is 1.55 bits per heavy atom. The quantitative estimate of drug-likeness (QED) is 0.150. The number of carbonyl (C=O) groups excluding carboxylic acids is 4. The molecule has 368 valence electrons. The zero-order valence-electron chi connectivity index (χ0n) is 41.8. The maximum Gasteiger partial charge on any atom is 0.329 e. The maximum absolute atomic E-state index is 14.5. The van der Waals surface area contributed by atoms with Gasteiger partial charge in [-0.05, 0) is 107 Å². The summed E-state index contributed by atoms with van der Waals surface area (Å²) in [7, 11) is 4.93. The molecule has 1 amide bonds. The molecule has 4 aliphatic rings. The Kier molecular flexibility index (Phi) is 21.3. The molecule has 2 bridgehead atoms. The van der Waals surface area contributed by atoms with Gasteiger partial charge in [-0.2, -0.15) is 0 Å². The Hall–Kier alpha value is -3.00. The molecule has 0 aromatic carbocycles. The number of methoxy groups -OCH3 is 3. The Morgan fingerprint density at radius 1 is 0.831 bits per heavy atom. The van der Waals surface area contributed by atoms with E-state index >= 15 is 0 Å². The van der Waals surface area contributed by atoms with Crippen LogP contribution >= 0.6 is 0 Å². The first-order valence-electron chi connectivity index (χ1n) is 24.7. The van der Waals surface area contributed by atoms with Gasteiger partial charge in [-0.1, -0.05) is 90.5 Å². The highest BCUT2D eigenvalue weighted by molar-refractivity contribution is 6.39. The summed E-state index contributed by atoms with van der Waals surface area (Å²) in [5.41, 5.74) is 1.83. The van der Waals surface area contributed by atoms with Crippen LogP contribution in [0.5, 0.6) is 0 Å². The number of fused-ring (bicyclic) bond motifs is 3. The number of piperidine rings is 1. The fourth-order valence-electron chi connectivity index (χ4n) is 10.7. The second kappa shape index (κ2) is 25.4. The number of aliphatic hydroxyl groups is 2. The van der Waals surface area contributed by atoms with Crippen molar-refractivity contribution >= 4 is 23.4 Å². The fourth-order valence-corrected chi connectivity index (χ4v) is 10.7. The smallest absolute Gasteiger partial charge is 0.329 e. The Morgan fingerprint density at radius 3 is 2.23 bits per heavy atom. The van der Waals surface area contributed by atoms with E-state index in [9.17, 15) is 29.4 Å². The molecule has 3 aliphatic heterocycles. The summed E-state index contributed by atoms with van der Waals surface area (Å²) < 4.78 is 30.2. The second-order valence-electron chi connectivity index (χ2n) is 20.5. The molecular weight excluding hydrogens is 827 g/mol. The highest BCUT2D eigenvalue weighted by Crippen LogP contribution is 2.39. The van der Waals surface area contributed by atoms with Crippen molar-refractivity contribution in [2.75, 3.05) is 27.9 Å². The molecule has 3 heterocycles. The third-order valence-corrected chi connectivity index (χ3v) is 15.4. The van der Waals surface area contributed by atoms with Gasteiger partial charge in [-0.15, -0.1) is 0 Å². The number of carbonyl (C=O) groups is 4. The molecule has 12 heteroatoms. The lowest BCUT2D eigenvalue weighted by atomic mass is 9.75. The third-order valence-electron chi connectivity index (χ3n) is 15.4. The highest BCUT2D eigenvalue weighted by Gasteiger charge is 2.53. The van der Waals surface area contributed by atoms with E-state index in [2.05, 4.69) is 26.8 Å². The lowest BCUT2D eigenvalue weighted by Gasteiger charge is -2.43. The van der Waals surface area contributed by atoms with Crippen LogP contribution in [0.4, 0.5) is 0 Å². The maximum atomic E-state index is 14.5. The number of amides is 1. The number of allylic oxidation sites excluding steroid dienone is 5. The molecular formula is C53H85NO11. The number of ketones is 2. The summed E-state index contributed by atoms with van der Waals surface area (Å²) in [6, 6.07) is -1.04. The van der Waals surface area contributed by atoms with Crippen LogP contribution in [0.1, 0.15) is 139 Å². The van der Waals surface area contributed by atoms with E-state index in [0.29, 0.717) is 56.8 Å². The van der Waals surface area contributed by atoms with Crippen molar-refractivity contribution in [3.63, 3.8) is 0 Å². The first-order valence-corrected chi connectivity index (χ1v) is 24.7. The Bertz CT molecular complexity index is 1700. The van der Waals surface area contributed by atoms with E-state index in [1.807, 2.05) is 65.0 Å². The Labute approximate surface area is 390 Å². The topological polar surface area (TPSA) is 158 Å². The molecule has 65 heavy (non-hydrogen) atoms. The van der Waals surface area contributed by atoms with E-state index in [1.54, 1.807) is 28.3 Å². The van der Waals surface area contributed by atoms with Crippen molar-refractivity contribution < 1.29 is 53.1 Å². The molecule has 0 spiro atoms. The Balaban J connectivity index is 1.70. The van der Waals surface area contributed by atoms with E-state index in [-0.39, 0.29) is 60.5 Å². The van der Waals surface area contributed by atoms with Gasteiger partial charge >= 0.3 is 5.97 Å². The summed E-state index contributed by atoms with van der Waals surface area (Å²) >= 11 is 0. The molecule has 2 saturated heterocycles. The molecule has 0 radical (unpaired) electrons. The van der Waals surface area contributed by atoms with Crippen LogP contribution in [0.2, 0.25) is 0 Å². The zero-order valence-corrected chi connectivity index (χ0v) is 41.8. The van der Waals surface area contributed by atoms with Crippen molar-refractivity contribution in [1.29, 1.82) is 0 Å². The number of hydrogen-bond acceptors (Lipinski definition) is 11. The highest BCUT2D eigenvalue weighted by atomic mass is 16.6. The number of cyclic esters (lactones) is 1. The van der Waals surface area contributed by atoms with Crippen molar-refractivity contribution in [2.45, 2.75) is 188 Å². The molecule has 1 saturated carbocycles. The van der Waals surface area contributed by atoms with Crippen LogP contribution < -0.4 is 0 Å². The van der Waals surface area contributed by atoms with Gasteiger partial charge in [0.1, 0.15) is 18.2 Å². The van der Waals surface area contributed by atoms with E-state index in [0.717, 1.165) is 36.8 Å². The summed E-state index contributed by atoms with van der Waals surface area (Å²) in [6.45, 7) is 18.0. The lowest BCUT2D eigenvalue weighted by Crippen LogP contribution is -2.61. The normalized spacial score (nSPS) is 40.2. The molecule has 1 aliphatic carbocycles. The van der Waals surface area contributed by atoms with Crippen LogP contribution in [-0.4, -0.2) is 115 Å². The number of esters is 1. The molecule has 12 nitrogen and oxygen atoms in total.